The molecule has 112 valence electrons. The Morgan fingerprint density at radius 3 is 2.50 bits per heavy atom. The standard InChI is InChI=1S/C16H26FN3/c1-4-18-12-14-6-5-7-15(17)16(14)20-10-8-19(9-11-20)13(2)3/h5-7,13,18H,4,8-12H2,1-3H3. The van der Waals surface area contributed by atoms with Crippen molar-refractivity contribution in [3.8, 4) is 0 Å². The Bertz CT molecular complexity index is 426. The van der Waals surface area contributed by atoms with Gasteiger partial charge in [0.15, 0.2) is 0 Å². The summed E-state index contributed by atoms with van der Waals surface area (Å²) in [5, 5.41) is 3.29. The summed E-state index contributed by atoms with van der Waals surface area (Å²) in [5.41, 5.74) is 1.85. The summed E-state index contributed by atoms with van der Waals surface area (Å²) in [6.45, 7) is 12.0. The van der Waals surface area contributed by atoms with Crippen molar-refractivity contribution in [1.29, 1.82) is 0 Å². The third-order valence-corrected chi connectivity index (χ3v) is 4.00. The maximum absolute atomic E-state index is 14.2. The van der Waals surface area contributed by atoms with Crippen LogP contribution in [0.25, 0.3) is 0 Å². The largest absolute Gasteiger partial charge is 0.366 e. The zero-order valence-electron chi connectivity index (χ0n) is 12.8. The lowest BCUT2D eigenvalue weighted by Crippen LogP contribution is -2.49. The van der Waals surface area contributed by atoms with Crippen molar-refractivity contribution in [2.45, 2.75) is 33.4 Å². The van der Waals surface area contributed by atoms with Crippen LogP contribution in [0.3, 0.4) is 0 Å². The normalized spacial score (nSPS) is 16.9. The van der Waals surface area contributed by atoms with E-state index in [4.69, 9.17) is 0 Å². The fourth-order valence-electron chi connectivity index (χ4n) is 2.78. The van der Waals surface area contributed by atoms with Gasteiger partial charge in [0.05, 0.1) is 5.69 Å². The van der Waals surface area contributed by atoms with Crippen molar-refractivity contribution in [3.63, 3.8) is 0 Å². The molecule has 0 aromatic heterocycles. The minimum atomic E-state index is -0.0987. The van der Waals surface area contributed by atoms with E-state index in [9.17, 15) is 4.39 Å². The number of piperazine rings is 1. The van der Waals surface area contributed by atoms with E-state index >= 15 is 0 Å². The van der Waals surface area contributed by atoms with Gasteiger partial charge in [0.1, 0.15) is 5.82 Å². The molecule has 0 radical (unpaired) electrons. The fraction of sp³-hybridized carbons (Fsp3) is 0.625. The van der Waals surface area contributed by atoms with Crippen LogP contribution in [-0.2, 0) is 6.54 Å². The molecule has 0 bridgehead atoms. The molecule has 4 heteroatoms. The first kappa shape index (κ1) is 15.3. The molecule has 2 rings (SSSR count). The first-order valence-electron chi connectivity index (χ1n) is 7.60. The van der Waals surface area contributed by atoms with E-state index in [0.717, 1.165) is 50.5 Å². The SMILES string of the molecule is CCNCc1cccc(F)c1N1CCN(C(C)C)CC1. The molecule has 0 aliphatic carbocycles. The molecule has 0 amide bonds. The lowest BCUT2D eigenvalue weighted by molar-refractivity contribution is 0.209. The minimum absolute atomic E-state index is 0.0987. The fourth-order valence-corrected chi connectivity index (χ4v) is 2.78. The highest BCUT2D eigenvalue weighted by atomic mass is 19.1. The highest BCUT2D eigenvalue weighted by Crippen LogP contribution is 2.26. The Labute approximate surface area is 121 Å². The summed E-state index contributed by atoms with van der Waals surface area (Å²) in [7, 11) is 0. The van der Waals surface area contributed by atoms with Crippen molar-refractivity contribution in [1.82, 2.24) is 10.2 Å². The van der Waals surface area contributed by atoms with E-state index in [1.165, 1.54) is 0 Å². The second-order valence-corrected chi connectivity index (χ2v) is 5.64. The Morgan fingerprint density at radius 1 is 1.20 bits per heavy atom. The molecule has 1 N–H and O–H groups in total. The van der Waals surface area contributed by atoms with Gasteiger partial charge >= 0.3 is 0 Å². The highest BCUT2D eigenvalue weighted by Gasteiger charge is 2.22. The van der Waals surface area contributed by atoms with E-state index in [1.807, 2.05) is 6.07 Å². The first-order valence-corrected chi connectivity index (χ1v) is 7.60. The quantitative estimate of drug-likeness (QED) is 0.893. The monoisotopic (exact) mass is 279 g/mol. The molecular weight excluding hydrogens is 253 g/mol. The molecule has 0 spiro atoms. The third kappa shape index (κ3) is 3.49. The van der Waals surface area contributed by atoms with E-state index in [-0.39, 0.29) is 5.82 Å². The lowest BCUT2D eigenvalue weighted by Gasteiger charge is -2.39. The third-order valence-electron chi connectivity index (χ3n) is 4.00. The summed E-state index contributed by atoms with van der Waals surface area (Å²) in [5.74, 6) is -0.0987. The van der Waals surface area contributed by atoms with Crippen LogP contribution in [0.15, 0.2) is 18.2 Å². The number of anilines is 1. The number of rotatable bonds is 5. The number of para-hydroxylation sites is 1. The lowest BCUT2D eigenvalue weighted by atomic mass is 10.1. The van der Waals surface area contributed by atoms with Crippen LogP contribution in [0, 0.1) is 5.82 Å². The molecule has 1 aromatic carbocycles. The zero-order valence-corrected chi connectivity index (χ0v) is 12.8. The average molecular weight is 279 g/mol. The summed E-state index contributed by atoms with van der Waals surface area (Å²) >= 11 is 0. The molecule has 1 fully saturated rings. The van der Waals surface area contributed by atoms with Crippen molar-refractivity contribution >= 4 is 5.69 Å². The number of hydrogen-bond donors (Lipinski definition) is 1. The second kappa shape index (κ2) is 7.04. The van der Waals surface area contributed by atoms with Crippen LogP contribution in [0.4, 0.5) is 10.1 Å². The van der Waals surface area contributed by atoms with Gasteiger partial charge in [-0.25, -0.2) is 4.39 Å². The van der Waals surface area contributed by atoms with Crippen LogP contribution >= 0.6 is 0 Å². The van der Waals surface area contributed by atoms with Gasteiger partial charge in [0, 0.05) is 38.8 Å². The Balaban J connectivity index is 2.12. The molecule has 0 atom stereocenters. The van der Waals surface area contributed by atoms with Gasteiger partial charge in [-0.2, -0.15) is 0 Å². The van der Waals surface area contributed by atoms with Gasteiger partial charge in [-0.3, -0.25) is 4.90 Å². The maximum Gasteiger partial charge on any atom is 0.146 e. The zero-order chi connectivity index (χ0) is 14.5. The molecule has 1 heterocycles. The van der Waals surface area contributed by atoms with Gasteiger partial charge in [-0.15, -0.1) is 0 Å². The van der Waals surface area contributed by atoms with Crippen molar-refractivity contribution < 1.29 is 4.39 Å². The van der Waals surface area contributed by atoms with Gasteiger partial charge in [-0.05, 0) is 32.0 Å². The molecule has 1 aliphatic rings. The van der Waals surface area contributed by atoms with E-state index in [0.29, 0.717) is 6.04 Å². The van der Waals surface area contributed by atoms with Crippen LogP contribution in [0.5, 0.6) is 0 Å². The van der Waals surface area contributed by atoms with Crippen LogP contribution in [0.1, 0.15) is 26.3 Å². The summed E-state index contributed by atoms with van der Waals surface area (Å²) in [6.07, 6.45) is 0. The summed E-state index contributed by atoms with van der Waals surface area (Å²) < 4.78 is 14.2. The average Bonchev–Trinajstić information content (AvgIpc) is 2.45. The molecule has 20 heavy (non-hydrogen) atoms. The minimum Gasteiger partial charge on any atom is -0.366 e. The van der Waals surface area contributed by atoms with Crippen LogP contribution < -0.4 is 10.2 Å². The first-order chi connectivity index (χ1) is 9.63. The van der Waals surface area contributed by atoms with Crippen molar-refractivity contribution in [2.24, 2.45) is 0 Å². The molecule has 1 aliphatic heterocycles. The predicted octanol–water partition coefficient (Wildman–Crippen LogP) is 2.47. The molecule has 0 unspecified atom stereocenters. The smallest absolute Gasteiger partial charge is 0.146 e. The van der Waals surface area contributed by atoms with Gasteiger partial charge in [-0.1, -0.05) is 19.1 Å². The second-order valence-electron chi connectivity index (χ2n) is 5.64. The molecule has 1 saturated heterocycles. The van der Waals surface area contributed by atoms with Crippen molar-refractivity contribution in [3.05, 3.63) is 29.6 Å². The highest BCUT2D eigenvalue weighted by molar-refractivity contribution is 5.55. The number of benzene rings is 1. The van der Waals surface area contributed by atoms with Gasteiger partial charge in [0.25, 0.3) is 0 Å². The number of nitrogens with one attached hydrogen (secondary N) is 1. The van der Waals surface area contributed by atoms with Crippen LogP contribution in [-0.4, -0.2) is 43.7 Å². The number of hydrogen-bond acceptors (Lipinski definition) is 3. The van der Waals surface area contributed by atoms with Gasteiger partial charge in [0.2, 0.25) is 0 Å². The summed E-state index contributed by atoms with van der Waals surface area (Å²) in [4.78, 5) is 4.64. The molecular formula is C16H26FN3. The Morgan fingerprint density at radius 2 is 1.90 bits per heavy atom. The van der Waals surface area contributed by atoms with E-state index < -0.39 is 0 Å². The number of halogens is 1. The Hall–Kier alpha value is -1.13. The number of nitrogens with zero attached hydrogens (tertiary/aromatic N) is 2. The maximum atomic E-state index is 14.2. The van der Waals surface area contributed by atoms with E-state index in [1.54, 1.807) is 12.1 Å². The van der Waals surface area contributed by atoms with Crippen LogP contribution in [0.2, 0.25) is 0 Å². The van der Waals surface area contributed by atoms with Crippen molar-refractivity contribution in [2.75, 3.05) is 37.6 Å². The molecule has 3 nitrogen and oxygen atoms in total. The summed E-state index contributed by atoms with van der Waals surface area (Å²) in [6, 6.07) is 5.96. The predicted molar refractivity (Wildman–Crippen MR) is 82.7 cm³/mol. The topological polar surface area (TPSA) is 18.5 Å². The molecule has 1 aromatic rings. The van der Waals surface area contributed by atoms with E-state index in [2.05, 4.69) is 35.9 Å². The Kier molecular flexibility index (Phi) is 5.38. The van der Waals surface area contributed by atoms with Gasteiger partial charge < -0.3 is 10.2 Å². The molecule has 0 saturated carbocycles.